The lowest BCUT2D eigenvalue weighted by atomic mass is 10.1. The van der Waals surface area contributed by atoms with Crippen LogP contribution < -0.4 is 10.1 Å². The molecule has 1 saturated heterocycles. The Morgan fingerprint density at radius 1 is 1.16 bits per heavy atom. The van der Waals surface area contributed by atoms with Crippen LogP contribution in [0.3, 0.4) is 0 Å². The maximum absolute atomic E-state index is 13.1. The first kappa shape index (κ1) is 22.9. The van der Waals surface area contributed by atoms with Crippen LogP contribution in [-0.4, -0.2) is 37.8 Å². The second kappa shape index (κ2) is 10.0. The number of alkyl halides is 3. The van der Waals surface area contributed by atoms with E-state index in [1.165, 1.54) is 18.2 Å². The van der Waals surface area contributed by atoms with Gasteiger partial charge in [0.25, 0.3) is 5.91 Å². The Morgan fingerprint density at radius 2 is 1.90 bits per heavy atom. The van der Waals surface area contributed by atoms with Crippen molar-refractivity contribution >= 4 is 29.2 Å². The van der Waals surface area contributed by atoms with Crippen LogP contribution in [0.15, 0.2) is 42.5 Å². The van der Waals surface area contributed by atoms with Crippen molar-refractivity contribution in [1.29, 1.82) is 0 Å². The number of hydrogen-bond acceptors (Lipinski definition) is 5. The summed E-state index contributed by atoms with van der Waals surface area (Å²) in [6.07, 6.45) is -2.72. The van der Waals surface area contributed by atoms with Gasteiger partial charge in [-0.25, -0.2) is 4.79 Å². The predicted octanol–water partition coefficient (Wildman–Crippen LogP) is 4.71. The molecule has 166 valence electrons. The van der Waals surface area contributed by atoms with E-state index in [2.05, 4.69) is 0 Å². The van der Waals surface area contributed by atoms with Gasteiger partial charge in [0.1, 0.15) is 12.4 Å². The van der Waals surface area contributed by atoms with Gasteiger partial charge >= 0.3 is 12.1 Å². The number of rotatable bonds is 7. The third-order valence-electron chi connectivity index (χ3n) is 4.47. The molecule has 2 aromatic rings. The van der Waals surface area contributed by atoms with Crippen molar-refractivity contribution in [1.82, 2.24) is 0 Å². The number of benzene rings is 2. The largest absolute Gasteiger partial charge is 0.491 e. The van der Waals surface area contributed by atoms with Crippen molar-refractivity contribution in [3.8, 4) is 5.75 Å². The number of amides is 1. The summed E-state index contributed by atoms with van der Waals surface area (Å²) in [6.45, 7) is 0.352. The number of ether oxygens (including phenoxy) is 3. The smallest absolute Gasteiger partial charge is 0.418 e. The first-order chi connectivity index (χ1) is 14.7. The maximum Gasteiger partial charge on any atom is 0.418 e. The molecule has 2 aromatic carbocycles. The van der Waals surface area contributed by atoms with E-state index in [9.17, 15) is 22.8 Å². The monoisotopic (exact) mass is 457 g/mol. The third kappa shape index (κ3) is 6.35. The number of nitrogens with one attached hydrogen (secondary N) is 1. The van der Waals surface area contributed by atoms with Crippen LogP contribution >= 0.6 is 11.6 Å². The van der Waals surface area contributed by atoms with Crippen molar-refractivity contribution in [2.75, 3.05) is 25.1 Å². The Hall–Kier alpha value is -2.78. The van der Waals surface area contributed by atoms with Gasteiger partial charge in [-0.3, -0.25) is 4.79 Å². The molecular formula is C21H19ClF3NO5. The first-order valence-electron chi connectivity index (χ1n) is 9.41. The quantitative estimate of drug-likeness (QED) is 0.609. The molecule has 6 nitrogen and oxygen atoms in total. The number of carbonyl (C=O) groups is 2. The maximum atomic E-state index is 13.1. The highest BCUT2D eigenvalue weighted by Crippen LogP contribution is 2.38. The Kier molecular flexibility index (Phi) is 7.40. The van der Waals surface area contributed by atoms with Crippen molar-refractivity contribution in [2.24, 2.45) is 0 Å². The minimum Gasteiger partial charge on any atom is -0.491 e. The molecule has 0 aliphatic carbocycles. The molecule has 0 radical (unpaired) electrons. The third-order valence-corrected chi connectivity index (χ3v) is 4.78. The van der Waals surface area contributed by atoms with Gasteiger partial charge in [0.05, 0.1) is 27.9 Å². The minimum atomic E-state index is -4.71. The second-order valence-electron chi connectivity index (χ2n) is 6.75. The lowest BCUT2D eigenvalue weighted by Crippen LogP contribution is -2.23. The van der Waals surface area contributed by atoms with E-state index in [0.717, 1.165) is 31.6 Å². The fraction of sp³-hybridized carbons (Fsp3) is 0.333. The molecule has 1 aliphatic heterocycles. The molecular weight excluding hydrogens is 439 g/mol. The van der Waals surface area contributed by atoms with Crippen molar-refractivity contribution in [3.05, 3.63) is 58.6 Å². The van der Waals surface area contributed by atoms with Gasteiger partial charge in [-0.05, 0) is 49.2 Å². The number of halogens is 4. The fourth-order valence-corrected chi connectivity index (χ4v) is 3.15. The number of carbonyl (C=O) groups excluding carboxylic acids is 2. The molecule has 0 aromatic heterocycles. The van der Waals surface area contributed by atoms with Crippen LogP contribution in [0.4, 0.5) is 18.9 Å². The molecule has 1 amide bonds. The summed E-state index contributed by atoms with van der Waals surface area (Å²) >= 11 is 5.78. The zero-order chi connectivity index (χ0) is 22.4. The highest BCUT2D eigenvalue weighted by molar-refractivity contribution is 6.34. The number of anilines is 1. The summed E-state index contributed by atoms with van der Waals surface area (Å²) < 4.78 is 55.2. The molecule has 0 bridgehead atoms. The van der Waals surface area contributed by atoms with Gasteiger partial charge in [-0.15, -0.1) is 0 Å². The van der Waals surface area contributed by atoms with Crippen molar-refractivity contribution < 1.29 is 37.0 Å². The van der Waals surface area contributed by atoms with E-state index in [-0.39, 0.29) is 16.7 Å². The predicted molar refractivity (Wildman–Crippen MR) is 106 cm³/mol. The highest BCUT2D eigenvalue weighted by atomic mass is 35.5. The minimum absolute atomic E-state index is 0.0548. The average Bonchev–Trinajstić information content (AvgIpc) is 3.25. The van der Waals surface area contributed by atoms with Gasteiger partial charge in [-0.1, -0.05) is 17.7 Å². The molecule has 31 heavy (non-hydrogen) atoms. The topological polar surface area (TPSA) is 73.9 Å². The van der Waals surface area contributed by atoms with E-state index in [1.54, 1.807) is 12.1 Å². The molecule has 1 heterocycles. The lowest BCUT2D eigenvalue weighted by molar-refractivity contribution is -0.137. The zero-order valence-electron chi connectivity index (χ0n) is 16.2. The molecule has 1 aliphatic rings. The second-order valence-corrected chi connectivity index (χ2v) is 7.16. The number of hydrogen-bond donors (Lipinski definition) is 1. The molecule has 0 spiro atoms. The van der Waals surface area contributed by atoms with Gasteiger partial charge in [0.15, 0.2) is 6.61 Å². The van der Waals surface area contributed by atoms with E-state index in [4.69, 9.17) is 25.8 Å². The normalized spacial score (nSPS) is 16.1. The fourth-order valence-electron chi connectivity index (χ4n) is 2.93. The van der Waals surface area contributed by atoms with Gasteiger partial charge in [0, 0.05) is 6.61 Å². The van der Waals surface area contributed by atoms with Gasteiger partial charge in [-0.2, -0.15) is 13.2 Å². The van der Waals surface area contributed by atoms with Crippen LogP contribution in [0.1, 0.15) is 28.8 Å². The van der Waals surface area contributed by atoms with Gasteiger partial charge < -0.3 is 19.5 Å². The van der Waals surface area contributed by atoms with Crippen LogP contribution in [0.2, 0.25) is 5.02 Å². The number of esters is 1. The van der Waals surface area contributed by atoms with Crippen LogP contribution in [0.5, 0.6) is 5.75 Å². The molecule has 1 N–H and O–H groups in total. The summed E-state index contributed by atoms with van der Waals surface area (Å²) in [5.74, 6) is -1.22. The summed E-state index contributed by atoms with van der Waals surface area (Å²) in [6, 6.07) is 9.18. The molecule has 3 rings (SSSR count). The molecule has 0 saturated carbocycles. The van der Waals surface area contributed by atoms with Crippen molar-refractivity contribution in [2.45, 2.75) is 25.1 Å². The molecule has 10 heteroatoms. The van der Waals surface area contributed by atoms with Crippen LogP contribution in [0, 0.1) is 0 Å². The summed E-state index contributed by atoms with van der Waals surface area (Å²) in [5.41, 5.74) is -1.53. The van der Waals surface area contributed by atoms with E-state index in [0.29, 0.717) is 12.4 Å². The Labute approximate surface area is 181 Å². The van der Waals surface area contributed by atoms with E-state index in [1.807, 2.05) is 5.32 Å². The Bertz CT molecular complexity index is 928. The van der Waals surface area contributed by atoms with E-state index < -0.39 is 35.9 Å². The Balaban J connectivity index is 1.52. The molecule has 1 fully saturated rings. The number of para-hydroxylation sites is 1. The molecule has 1 atom stereocenters. The standard InChI is InChI=1S/C21H19ClF3NO5/c22-17-5-1-4-16(21(23,24)25)19(17)26-18(27)12-31-20(28)13-6-8-14(9-7-13)30-11-15-3-2-10-29-15/h1,4-9,15H,2-3,10-12H2,(H,26,27). The summed E-state index contributed by atoms with van der Waals surface area (Å²) in [4.78, 5) is 24.1. The first-order valence-corrected chi connectivity index (χ1v) is 9.79. The van der Waals surface area contributed by atoms with Gasteiger partial charge in [0.2, 0.25) is 0 Å². The van der Waals surface area contributed by atoms with Crippen molar-refractivity contribution in [3.63, 3.8) is 0 Å². The molecule has 1 unspecified atom stereocenters. The SMILES string of the molecule is O=C(COC(=O)c1ccc(OCC2CCCO2)cc1)Nc1c(Cl)cccc1C(F)(F)F. The highest BCUT2D eigenvalue weighted by Gasteiger charge is 2.34. The van der Waals surface area contributed by atoms with Crippen LogP contribution in [0.25, 0.3) is 0 Å². The van der Waals surface area contributed by atoms with Crippen LogP contribution in [-0.2, 0) is 20.4 Å². The summed E-state index contributed by atoms with van der Waals surface area (Å²) in [5, 5.41) is 1.76. The average molecular weight is 458 g/mol. The summed E-state index contributed by atoms with van der Waals surface area (Å²) in [7, 11) is 0. The lowest BCUT2D eigenvalue weighted by Gasteiger charge is -2.15. The zero-order valence-corrected chi connectivity index (χ0v) is 17.0. The van der Waals surface area contributed by atoms with E-state index >= 15 is 0 Å². The Morgan fingerprint density at radius 3 is 2.55 bits per heavy atom.